The zero-order valence-corrected chi connectivity index (χ0v) is 75.9. The molecule has 13 amide bonds. The van der Waals surface area contributed by atoms with Crippen molar-refractivity contribution in [1.82, 2.24) is 116 Å². The Kier molecular flexibility index (Phi) is 40.8. The van der Waals surface area contributed by atoms with Crippen LogP contribution in [0.15, 0.2) is 122 Å². The monoisotopic (exact) mass is 1880 g/mol. The van der Waals surface area contributed by atoms with Gasteiger partial charge in [0.25, 0.3) is 0 Å². The fourth-order valence-corrected chi connectivity index (χ4v) is 15.2. The fourth-order valence-electron chi connectivity index (χ4n) is 15.2. The van der Waals surface area contributed by atoms with Crippen molar-refractivity contribution in [1.29, 1.82) is 32.5 Å². The second-order valence-electron chi connectivity index (χ2n) is 32.8. The number of nitrogens with two attached hydrogens (primary N) is 7. The van der Waals surface area contributed by atoms with E-state index in [1.54, 1.807) is 116 Å². The molecule has 48 heteroatoms. The molecular weight excluding hydrogens is 1760 g/mol. The van der Waals surface area contributed by atoms with Gasteiger partial charge >= 0.3 is 0 Å². The second kappa shape index (κ2) is 52.7. The molecule has 8 rings (SSSR count). The Bertz CT molecular complexity index is 5570. The van der Waals surface area contributed by atoms with Crippen molar-refractivity contribution in [2.45, 2.75) is 196 Å². The summed E-state index contributed by atoms with van der Waals surface area (Å²) in [5.74, 6) is -13.7. The summed E-state index contributed by atoms with van der Waals surface area (Å²) in [6, 6.07) is 10.8. The summed E-state index contributed by atoms with van der Waals surface area (Å²) in [4.78, 5) is 202. The summed E-state index contributed by atoms with van der Waals surface area (Å²) in [6.07, 6.45) is 5.72. The van der Waals surface area contributed by atoms with Crippen molar-refractivity contribution in [2.75, 3.05) is 39.3 Å². The van der Waals surface area contributed by atoms with Gasteiger partial charge in [-0.15, -0.1) is 0 Å². The number of amides is 13. The van der Waals surface area contributed by atoms with Crippen LogP contribution in [0, 0.1) is 32.5 Å². The first kappa shape index (κ1) is 105. The van der Waals surface area contributed by atoms with E-state index in [1.165, 1.54) is 20.8 Å². The molecule has 0 spiro atoms. The lowest BCUT2D eigenvalue weighted by Crippen LogP contribution is -2.61. The number of carbonyl (C=O) groups excluding carboxylic acids is 13. The molecule has 732 valence electrons. The molecule has 12 atom stereocenters. The lowest BCUT2D eigenvalue weighted by Gasteiger charge is -2.28. The van der Waals surface area contributed by atoms with Crippen LogP contribution in [0.3, 0.4) is 0 Å². The molecule has 0 saturated heterocycles. The Balaban J connectivity index is 1.06. The topological polar surface area (TPSA) is 827 Å². The number of benzene rings is 4. The first-order chi connectivity index (χ1) is 64.9. The van der Waals surface area contributed by atoms with E-state index in [1.807, 2.05) is 6.07 Å². The predicted molar refractivity (Wildman–Crippen MR) is 512 cm³/mol. The second-order valence-corrected chi connectivity index (χ2v) is 32.8. The molecule has 0 saturated carbocycles. The minimum Gasteiger partial charge on any atom is -0.370 e. The van der Waals surface area contributed by atoms with Crippen LogP contribution in [0.2, 0.25) is 0 Å². The molecule has 0 bridgehead atoms. The third-order valence-electron chi connectivity index (χ3n) is 22.2. The van der Waals surface area contributed by atoms with Gasteiger partial charge in [0.15, 0.2) is 35.8 Å². The van der Waals surface area contributed by atoms with E-state index >= 15 is 28.8 Å². The number of primary amides is 1. The first-order valence-corrected chi connectivity index (χ1v) is 44.5. The van der Waals surface area contributed by atoms with Crippen LogP contribution in [0.4, 0.5) is 0 Å². The number of H-pyrrole nitrogens is 4. The minimum atomic E-state index is -1.60. The average molecular weight is 1880 g/mol. The standard InChI is InChI=1S/C88H127N35O13/c1-46(112-79(133)67(38-49-42-108-57-22-8-4-18-53(49)57)120-74(128)62(114-48(3)124)27-13-33-103-84(92)93)72(126)116-63(28-14-34-104-85(94)95)76(130)118-66(31-17-37-107-88(100)101)78(132)121-68(39-50-43-109-58-23-9-5-19-54(50)58)80(134)113-47(2)73(127)117-64(29-15-35-105-86(96)97)77(131)122-70(41-52-45-111-60-25-11-7-21-56(52)60)82(136)123-69(40-51-44-110-59-24-10-6-20-55(51)59)81(135)119-65(30-16-36-106-87(98)99)75(129)115-61(71(89)125)26-12-32-102-83(90)91/h4-11,18-25,42-47,61-70,108-111H,12-17,26-41H2,1-3H3,(H2,89,125)(H,112,133)(H,113,134)(H,114,124)(H,115,129)(H,116,126)(H,117,127)(H,118,130)(H,119,135)(H,120,128)(H,121,132)(H,122,131)(H,123,136)(H4,90,91,102)(H4,92,93,103)(H4,94,95,104)(H4,96,97,105)(H4,98,99,106)(H4,100,101,107)/t46-,47-,61-,62-,63-,64-,65-,66-,67-,68-,69-,70-/m0/s1. The van der Waals surface area contributed by atoms with Crippen LogP contribution in [-0.4, -0.2) is 244 Å². The van der Waals surface area contributed by atoms with Gasteiger partial charge in [0.2, 0.25) is 76.8 Å². The van der Waals surface area contributed by atoms with Crippen molar-refractivity contribution in [2.24, 2.45) is 40.1 Å². The van der Waals surface area contributed by atoms with E-state index in [4.69, 9.17) is 72.6 Å². The highest BCUT2D eigenvalue weighted by atomic mass is 16.2. The molecule has 42 N–H and O–H groups in total. The van der Waals surface area contributed by atoms with E-state index in [0.29, 0.717) is 65.9 Å². The zero-order valence-electron chi connectivity index (χ0n) is 75.9. The highest BCUT2D eigenvalue weighted by Gasteiger charge is 2.38. The molecule has 0 unspecified atom stereocenters. The number of guanidine groups is 6. The van der Waals surface area contributed by atoms with Crippen LogP contribution in [0.1, 0.15) is 120 Å². The Morgan fingerprint density at radius 1 is 0.257 bits per heavy atom. The number of rotatable bonds is 56. The maximum absolute atomic E-state index is 15.6. The van der Waals surface area contributed by atoms with Crippen LogP contribution < -0.4 is 136 Å². The van der Waals surface area contributed by atoms with Crippen LogP contribution in [0.25, 0.3) is 43.6 Å². The maximum Gasteiger partial charge on any atom is 0.243 e. The molecule has 48 nitrogen and oxygen atoms in total. The highest BCUT2D eigenvalue weighted by Crippen LogP contribution is 2.25. The maximum atomic E-state index is 15.6. The number of fused-ring (bicyclic) bond motifs is 4. The quantitative estimate of drug-likeness (QED) is 0.00977. The lowest BCUT2D eigenvalue weighted by molar-refractivity contribution is -0.136. The Morgan fingerprint density at radius 3 is 0.662 bits per heavy atom. The van der Waals surface area contributed by atoms with Gasteiger partial charge in [0, 0.05) is 140 Å². The van der Waals surface area contributed by atoms with Gasteiger partial charge in [0.05, 0.1) is 0 Å². The van der Waals surface area contributed by atoms with Crippen LogP contribution in [0.5, 0.6) is 0 Å². The Labute approximate surface area is 782 Å². The molecule has 0 fully saturated rings. The van der Waals surface area contributed by atoms with Gasteiger partial charge in [-0.05, 0) is 137 Å². The van der Waals surface area contributed by atoms with Crippen LogP contribution >= 0.6 is 0 Å². The number of carbonyl (C=O) groups is 13. The molecule has 0 aliphatic carbocycles. The summed E-state index contributed by atoms with van der Waals surface area (Å²) in [6.45, 7) is 4.21. The summed E-state index contributed by atoms with van der Waals surface area (Å²) >= 11 is 0. The molecule has 0 aliphatic heterocycles. The smallest absolute Gasteiger partial charge is 0.243 e. The number of hydrogen-bond donors (Lipinski definition) is 35. The first-order valence-electron chi connectivity index (χ1n) is 44.5. The van der Waals surface area contributed by atoms with E-state index in [2.05, 4.69) is 116 Å². The van der Waals surface area contributed by atoms with Gasteiger partial charge in [0.1, 0.15) is 72.5 Å². The number of para-hydroxylation sites is 4. The minimum absolute atomic E-state index is 0.00217. The van der Waals surface area contributed by atoms with Crippen molar-refractivity contribution < 1.29 is 62.3 Å². The zero-order chi connectivity index (χ0) is 99.1. The van der Waals surface area contributed by atoms with Gasteiger partial charge < -0.3 is 156 Å². The SMILES string of the molecule is CC(=O)N[C@@H](CCCNC(=N)N)C(=O)N[C@@H](Cc1c[nH]c2ccccc12)C(=O)N[C@@H](C)C(=O)N[C@@H](CCCNC(=N)N)C(=O)N[C@@H](CCCNC(=N)N)C(=O)N[C@@H](Cc1c[nH]c2ccccc12)C(=O)N[C@@H](C)C(=O)N[C@@H](CCCNC(=N)N)C(=O)N[C@@H](Cc1c[nH]c2ccccc12)C(=O)N[C@@H](Cc1c[nH]c2ccccc12)C(=O)N[C@@H](CCCNC(=N)N)C(=O)N[C@@H](CCCNC(=N)N)C(N)=O. The molecule has 4 aromatic carbocycles. The van der Waals surface area contributed by atoms with Gasteiger partial charge in [-0.2, -0.15) is 0 Å². The fraction of sp³-hybridized carbons (Fsp3) is 0.420. The van der Waals surface area contributed by atoms with Crippen molar-refractivity contribution >= 4 is 156 Å². The molecule has 136 heavy (non-hydrogen) atoms. The average Bonchev–Trinajstić information content (AvgIpc) is 1.65. The molecule has 0 radical (unpaired) electrons. The number of aromatic amines is 4. The number of aromatic nitrogens is 4. The van der Waals surface area contributed by atoms with Crippen molar-refractivity contribution in [3.05, 3.63) is 144 Å². The van der Waals surface area contributed by atoms with Crippen molar-refractivity contribution in [3.63, 3.8) is 0 Å². The normalized spacial score (nSPS) is 13.7. The van der Waals surface area contributed by atoms with Gasteiger partial charge in [-0.1, -0.05) is 72.8 Å². The molecule has 4 heterocycles. The summed E-state index contributed by atoms with van der Waals surface area (Å²) in [5.41, 5.74) is 44.0. The summed E-state index contributed by atoms with van der Waals surface area (Å²) in [7, 11) is 0. The number of hydrogen-bond acceptors (Lipinski definition) is 19. The predicted octanol–water partition coefficient (Wildman–Crippen LogP) is -4.18. The molecule has 4 aromatic heterocycles. The van der Waals surface area contributed by atoms with E-state index in [9.17, 15) is 33.6 Å². The third-order valence-corrected chi connectivity index (χ3v) is 22.2. The van der Waals surface area contributed by atoms with E-state index in [-0.39, 0.29) is 160 Å². The van der Waals surface area contributed by atoms with Gasteiger partial charge in [-0.3, -0.25) is 94.8 Å². The third kappa shape index (κ3) is 33.9. The highest BCUT2D eigenvalue weighted by molar-refractivity contribution is 6.02. The molecule has 8 aromatic rings. The van der Waals surface area contributed by atoms with E-state index in [0.717, 1.165) is 0 Å². The van der Waals surface area contributed by atoms with Crippen molar-refractivity contribution in [3.8, 4) is 0 Å². The Morgan fingerprint density at radius 2 is 0.441 bits per heavy atom. The number of nitrogens with one attached hydrogen (secondary N) is 28. The Hall–Kier alpha value is -16.2. The summed E-state index contributed by atoms with van der Waals surface area (Å²) < 4.78 is 0. The molecule has 0 aliphatic rings. The largest absolute Gasteiger partial charge is 0.370 e. The van der Waals surface area contributed by atoms with Gasteiger partial charge in [-0.25, -0.2) is 0 Å². The van der Waals surface area contributed by atoms with Crippen LogP contribution in [-0.2, 0) is 88.0 Å². The molecular formula is C88H127N35O13. The summed E-state index contributed by atoms with van der Waals surface area (Å²) in [5, 5.41) is 97.3. The lowest BCUT2D eigenvalue weighted by atomic mass is 10.0. The van der Waals surface area contributed by atoms with E-state index < -0.39 is 167 Å².